The molecule has 2 aromatic carbocycles. The molecular formula is C17H18FNO2S. The first-order chi connectivity index (χ1) is 10.5. The predicted molar refractivity (Wildman–Crippen MR) is 85.6 cm³/mol. The molecule has 0 aliphatic rings. The molecule has 0 aliphatic carbocycles. The average molecular weight is 319 g/mol. The second kappa shape index (κ2) is 7.33. The van der Waals surface area contributed by atoms with E-state index in [1.165, 1.54) is 12.1 Å². The Labute approximate surface area is 130 Å². The van der Waals surface area contributed by atoms with E-state index in [9.17, 15) is 12.8 Å². The molecule has 5 heteroatoms. The van der Waals surface area contributed by atoms with Gasteiger partial charge in [-0.05, 0) is 43.2 Å². The van der Waals surface area contributed by atoms with Crippen molar-refractivity contribution < 1.29 is 12.8 Å². The highest BCUT2D eigenvalue weighted by molar-refractivity contribution is 7.89. The van der Waals surface area contributed by atoms with Gasteiger partial charge in [-0.25, -0.2) is 17.5 Å². The van der Waals surface area contributed by atoms with Crippen LogP contribution in [-0.2, 0) is 16.4 Å². The summed E-state index contributed by atoms with van der Waals surface area (Å²) in [6, 6.07) is 12.9. The third-order valence-electron chi connectivity index (χ3n) is 3.16. The fourth-order valence-corrected chi connectivity index (χ4v) is 2.86. The number of sulfonamides is 1. The van der Waals surface area contributed by atoms with Crippen LogP contribution < -0.4 is 4.72 Å². The van der Waals surface area contributed by atoms with Crippen LogP contribution in [0.15, 0.2) is 65.6 Å². The lowest BCUT2D eigenvalue weighted by Gasteiger charge is -2.04. The van der Waals surface area contributed by atoms with Crippen LogP contribution >= 0.6 is 0 Å². The highest BCUT2D eigenvalue weighted by Gasteiger charge is 2.11. The summed E-state index contributed by atoms with van der Waals surface area (Å²) in [5.41, 5.74) is 1.98. The molecule has 0 spiro atoms. The van der Waals surface area contributed by atoms with E-state index in [0.717, 1.165) is 11.1 Å². The molecule has 0 heterocycles. The van der Waals surface area contributed by atoms with Gasteiger partial charge in [0.15, 0.2) is 0 Å². The Morgan fingerprint density at radius 1 is 1.00 bits per heavy atom. The Hall–Kier alpha value is -1.98. The number of hydrogen-bond donors (Lipinski definition) is 1. The van der Waals surface area contributed by atoms with Crippen molar-refractivity contribution in [3.63, 3.8) is 0 Å². The minimum atomic E-state index is -3.48. The van der Waals surface area contributed by atoms with Gasteiger partial charge in [0, 0.05) is 6.54 Å². The van der Waals surface area contributed by atoms with E-state index in [4.69, 9.17) is 0 Å². The van der Waals surface area contributed by atoms with Gasteiger partial charge in [-0.15, -0.1) is 0 Å². The van der Waals surface area contributed by atoms with E-state index in [0.29, 0.717) is 6.42 Å². The third kappa shape index (κ3) is 4.79. The van der Waals surface area contributed by atoms with Gasteiger partial charge in [-0.3, -0.25) is 0 Å². The Morgan fingerprint density at radius 3 is 2.27 bits per heavy atom. The Morgan fingerprint density at radius 2 is 1.64 bits per heavy atom. The Balaban J connectivity index is 1.86. The monoisotopic (exact) mass is 319 g/mol. The van der Waals surface area contributed by atoms with E-state index in [-0.39, 0.29) is 17.3 Å². The molecule has 3 nitrogen and oxygen atoms in total. The third-order valence-corrected chi connectivity index (χ3v) is 4.60. The van der Waals surface area contributed by atoms with Gasteiger partial charge in [-0.1, -0.05) is 42.0 Å². The molecule has 0 unspecified atom stereocenters. The lowest BCUT2D eigenvalue weighted by Crippen LogP contribution is -2.23. The van der Waals surface area contributed by atoms with Gasteiger partial charge >= 0.3 is 0 Å². The second-order valence-corrected chi connectivity index (χ2v) is 6.73. The highest BCUT2D eigenvalue weighted by atomic mass is 32.2. The van der Waals surface area contributed by atoms with Crippen LogP contribution in [0, 0.1) is 12.7 Å². The van der Waals surface area contributed by atoms with Crippen LogP contribution in [-0.4, -0.2) is 15.0 Å². The van der Waals surface area contributed by atoms with Gasteiger partial charge in [0.1, 0.15) is 5.82 Å². The minimum Gasteiger partial charge on any atom is -0.207 e. The van der Waals surface area contributed by atoms with Crippen LogP contribution in [0.1, 0.15) is 11.1 Å². The molecule has 0 saturated carbocycles. The standard InChI is InChI=1S/C17H18FNO2S/c1-14-5-11-17(12-6-14)22(20,21)19-13-3-2-4-15-7-9-16(18)10-8-15/h2-3,5-12,19H,4,13H2,1H3/b3-2-. The fourth-order valence-electron chi connectivity index (χ4n) is 1.88. The van der Waals surface area contributed by atoms with E-state index in [1.54, 1.807) is 42.5 Å². The van der Waals surface area contributed by atoms with Crippen LogP contribution in [0.5, 0.6) is 0 Å². The largest absolute Gasteiger partial charge is 0.240 e. The molecule has 22 heavy (non-hydrogen) atoms. The summed E-state index contributed by atoms with van der Waals surface area (Å²) < 4.78 is 39.3. The van der Waals surface area contributed by atoms with Crippen LogP contribution in [0.25, 0.3) is 0 Å². The van der Waals surface area contributed by atoms with Crippen LogP contribution in [0.4, 0.5) is 4.39 Å². The van der Waals surface area contributed by atoms with Crippen LogP contribution in [0.3, 0.4) is 0 Å². The molecule has 0 saturated heterocycles. The molecule has 0 fully saturated rings. The highest BCUT2D eigenvalue weighted by Crippen LogP contribution is 2.09. The lowest BCUT2D eigenvalue weighted by atomic mass is 10.1. The van der Waals surface area contributed by atoms with Crippen molar-refractivity contribution in [3.05, 3.63) is 77.6 Å². The molecular weight excluding hydrogens is 301 g/mol. The zero-order chi connectivity index (χ0) is 16.0. The summed E-state index contributed by atoms with van der Waals surface area (Å²) in [6.45, 7) is 2.12. The number of aryl methyl sites for hydroxylation is 1. The first kappa shape index (κ1) is 16.4. The lowest BCUT2D eigenvalue weighted by molar-refractivity contribution is 0.585. The molecule has 0 bridgehead atoms. The molecule has 2 aromatic rings. The van der Waals surface area contributed by atoms with Crippen molar-refractivity contribution in [3.8, 4) is 0 Å². The van der Waals surface area contributed by atoms with Crippen molar-refractivity contribution in [1.29, 1.82) is 0 Å². The summed E-state index contributed by atoms with van der Waals surface area (Å²) >= 11 is 0. The average Bonchev–Trinajstić information content (AvgIpc) is 2.49. The van der Waals surface area contributed by atoms with E-state index in [2.05, 4.69) is 4.72 Å². The van der Waals surface area contributed by atoms with Gasteiger partial charge in [0.2, 0.25) is 10.0 Å². The summed E-state index contributed by atoms with van der Waals surface area (Å²) in [5, 5.41) is 0. The minimum absolute atomic E-state index is 0.220. The molecule has 0 radical (unpaired) electrons. The van der Waals surface area contributed by atoms with Gasteiger partial charge in [0.05, 0.1) is 4.90 Å². The molecule has 0 amide bonds. The van der Waals surface area contributed by atoms with Crippen molar-refractivity contribution in [2.24, 2.45) is 0 Å². The summed E-state index contributed by atoms with van der Waals surface area (Å²) in [4.78, 5) is 0.255. The zero-order valence-electron chi connectivity index (χ0n) is 12.3. The molecule has 2 rings (SSSR count). The normalized spacial score (nSPS) is 11.9. The summed E-state index contributed by atoms with van der Waals surface area (Å²) in [7, 11) is -3.48. The number of hydrogen-bond acceptors (Lipinski definition) is 2. The van der Waals surface area contributed by atoms with E-state index < -0.39 is 10.0 Å². The van der Waals surface area contributed by atoms with Gasteiger partial charge < -0.3 is 0 Å². The summed E-state index contributed by atoms with van der Waals surface area (Å²) in [5.74, 6) is -0.265. The van der Waals surface area contributed by atoms with Crippen molar-refractivity contribution in [2.45, 2.75) is 18.2 Å². The maximum absolute atomic E-state index is 12.8. The molecule has 0 aliphatic heterocycles. The molecule has 0 atom stereocenters. The van der Waals surface area contributed by atoms with Gasteiger partial charge in [-0.2, -0.15) is 0 Å². The van der Waals surface area contributed by atoms with E-state index >= 15 is 0 Å². The van der Waals surface area contributed by atoms with Crippen molar-refractivity contribution in [1.82, 2.24) is 4.72 Å². The zero-order valence-corrected chi connectivity index (χ0v) is 13.1. The quantitative estimate of drug-likeness (QED) is 0.831. The van der Waals surface area contributed by atoms with E-state index in [1.807, 2.05) is 13.0 Å². The second-order valence-electron chi connectivity index (χ2n) is 4.97. The molecule has 116 valence electrons. The predicted octanol–water partition coefficient (Wildman–Crippen LogP) is 3.21. The smallest absolute Gasteiger partial charge is 0.207 e. The number of halogens is 1. The fraction of sp³-hybridized carbons (Fsp3) is 0.176. The number of rotatable bonds is 6. The topological polar surface area (TPSA) is 46.2 Å². The maximum Gasteiger partial charge on any atom is 0.240 e. The van der Waals surface area contributed by atoms with Crippen LogP contribution in [0.2, 0.25) is 0 Å². The summed E-state index contributed by atoms with van der Waals surface area (Å²) in [6.07, 6.45) is 4.23. The maximum atomic E-state index is 12.8. The first-order valence-electron chi connectivity index (χ1n) is 6.93. The Bertz CT molecular complexity index is 735. The number of benzene rings is 2. The number of allylic oxidation sites excluding steroid dienone is 1. The van der Waals surface area contributed by atoms with Crippen molar-refractivity contribution in [2.75, 3.05) is 6.54 Å². The molecule has 0 aromatic heterocycles. The van der Waals surface area contributed by atoms with Gasteiger partial charge in [0.25, 0.3) is 0 Å². The Kier molecular flexibility index (Phi) is 5.46. The SMILES string of the molecule is Cc1ccc(S(=O)(=O)NC/C=C\Cc2ccc(F)cc2)cc1. The first-order valence-corrected chi connectivity index (χ1v) is 8.41. The number of nitrogens with one attached hydrogen (secondary N) is 1. The molecule has 1 N–H and O–H groups in total. The van der Waals surface area contributed by atoms with Crippen molar-refractivity contribution >= 4 is 10.0 Å².